The molecule has 4 aromatic rings. The molecule has 1 N–H and O–H groups in total. The van der Waals surface area contributed by atoms with Crippen LogP contribution in [0.15, 0.2) is 55.4 Å². The maximum Gasteiger partial charge on any atom is 0.0992 e. The van der Waals surface area contributed by atoms with Crippen LogP contribution in [-0.2, 0) is 0 Å². The average Bonchev–Trinajstić information content (AvgIpc) is 2.95. The van der Waals surface area contributed by atoms with Crippen LogP contribution in [0.4, 0.5) is 0 Å². The van der Waals surface area contributed by atoms with Crippen molar-refractivity contribution in [2.24, 2.45) is 0 Å². The zero-order chi connectivity index (χ0) is 12.7. The van der Waals surface area contributed by atoms with E-state index in [1.54, 1.807) is 12.5 Å². The molecule has 4 nitrogen and oxygen atoms in total. The van der Waals surface area contributed by atoms with E-state index in [-0.39, 0.29) is 0 Å². The van der Waals surface area contributed by atoms with Gasteiger partial charge in [0.15, 0.2) is 0 Å². The Balaban J connectivity index is 2.12. The molecule has 0 aliphatic carbocycles. The van der Waals surface area contributed by atoms with Gasteiger partial charge in [0.1, 0.15) is 0 Å². The fourth-order valence-electron chi connectivity index (χ4n) is 2.42. The molecule has 0 saturated carbocycles. The minimum absolute atomic E-state index is 0.944. The summed E-state index contributed by atoms with van der Waals surface area (Å²) >= 11 is 0. The smallest absolute Gasteiger partial charge is 0.0992 e. The Morgan fingerprint density at radius 3 is 2.89 bits per heavy atom. The fourth-order valence-corrected chi connectivity index (χ4v) is 2.42. The quantitative estimate of drug-likeness (QED) is 0.561. The van der Waals surface area contributed by atoms with Gasteiger partial charge in [-0.15, -0.1) is 0 Å². The standard InChI is InChI=1S/C15H10N4/c1-2-10-6-16-5-4-11(10)12(3-1)13-7-17-8-14-15(13)19-9-18-14/h1-9H,(H,18,19). The predicted octanol–water partition coefficient (Wildman–Crippen LogP) is 3.17. The van der Waals surface area contributed by atoms with E-state index in [9.17, 15) is 0 Å². The number of nitrogens with one attached hydrogen (secondary N) is 1. The molecule has 1 aromatic carbocycles. The summed E-state index contributed by atoms with van der Waals surface area (Å²) in [6.45, 7) is 0. The van der Waals surface area contributed by atoms with Gasteiger partial charge in [-0.05, 0) is 17.0 Å². The summed E-state index contributed by atoms with van der Waals surface area (Å²) in [5, 5.41) is 2.28. The van der Waals surface area contributed by atoms with Gasteiger partial charge in [0.05, 0.1) is 23.6 Å². The second-order valence-corrected chi connectivity index (χ2v) is 4.39. The van der Waals surface area contributed by atoms with E-state index in [4.69, 9.17) is 0 Å². The van der Waals surface area contributed by atoms with Crippen LogP contribution in [0, 0.1) is 0 Å². The average molecular weight is 246 g/mol. The Bertz CT molecular complexity index is 874. The summed E-state index contributed by atoms with van der Waals surface area (Å²) in [6, 6.07) is 8.21. The van der Waals surface area contributed by atoms with Crippen molar-refractivity contribution in [1.82, 2.24) is 19.9 Å². The van der Waals surface area contributed by atoms with Gasteiger partial charge in [-0.25, -0.2) is 4.98 Å². The topological polar surface area (TPSA) is 54.5 Å². The highest BCUT2D eigenvalue weighted by Gasteiger charge is 2.09. The van der Waals surface area contributed by atoms with Crippen LogP contribution in [0.5, 0.6) is 0 Å². The largest absolute Gasteiger partial charge is 0.343 e. The molecule has 4 heteroatoms. The molecule has 19 heavy (non-hydrogen) atoms. The summed E-state index contributed by atoms with van der Waals surface area (Å²) in [5.41, 5.74) is 4.06. The van der Waals surface area contributed by atoms with Gasteiger partial charge in [-0.3, -0.25) is 9.97 Å². The highest BCUT2D eigenvalue weighted by molar-refractivity contribution is 6.02. The second kappa shape index (κ2) is 3.88. The third kappa shape index (κ3) is 1.50. The van der Waals surface area contributed by atoms with E-state index in [2.05, 4.69) is 32.1 Å². The van der Waals surface area contributed by atoms with E-state index in [0.717, 1.165) is 32.9 Å². The van der Waals surface area contributed by atoms with Crippen molar-refractivity contribution >= 4 is 21.8 Å². The number of aromatic nitrogens is 4. The number of hydrogen-bond acceptors (Lipinski definition) is 3. The summed E-state index contributed by atoms with van der Waals surface area (Å²) in [6.07, 6.45) is 9.03. The molecular formula is C15H10N4. The van der Waals surface area contributed by atoms with Crippen LogP contribution in [0.2, 0.25) is 0 Å². The van der Waals surface area contributed by atoms with Crippen molar-refractivity contribution in [1.29, 1.82) is 0 Å². The molecule has 0 atom stereocenters. The number of nitrogens with zero attached hydrogens (tertiary/aromatic N) is 3. The Morgan fingerprint density at radius 1 is 0.895 bits per heavy atom. The number of benzene rings is 1. The summed E-state index contributed by atoms with van der Waals surface area (Å²) in [7, 11) is 0. The fraction of sp³-hybridized carbons (Fsp3) is 0. The first-order valence-corrected chi connectivity index (χ1v) is 6.04. The Kier molecular flexibility index (Phi) is 2.08. The molecule has 4 rings (SSSR count). The highest BCUT2D eigenvalue weighted by atomic mass is 14.9. The number of pyridine rings is 2. The Labute approximate surface area is 109 Å². The van der Waals surface area contributed by atoms with Gasteiger partial charge in [0.2, 0.25) is 0 Å². The lowest BCUT2D eigenvalue weighted by Crippen LogP contribution is -1.86. The number of hydrogen-bond donors (Lipinski definition) is 1. The van der Waals surface area contributed by atoms with E-state index < -0.39 is 0 Å². The molecule has 3 aromatic heterocycles. The molecule has 90 valence electrons. The van der Waals surface area contributed by atoms with Crippen molar-refractivity contribution in [2.75, 3.05) is 0 Å². The van der Waals surface area contributed by atoms with Crippen molar-refractivity contribution < 1.29 is 0 Å². The Morgan fingerprint density at radius 2 is 1.89 bits per heavy atom. The van der Waals surface area contributed by atoms with Gasteiger partial charge < -0.3 is 4.98 Å². The third-order valence-corrected chi connectivity index (χ3v) is 3.30. The molecule has 0 unspecified atom stereocenters. The number of H-pyrrole nitrogens is 1. The molecule has 0 fully saturated rings. The lowest BCUT2D eigenvalue weighted by Gasteiger charge is -2.06. The van der Waals surface area contributed by atoms with Crippen molar-refractivity contribution in [2.45, 2.75) is 0 Å². The molecular weight excluding hydrogens is 236 g/mol. The molecule has 3 heterocycles. The van der Waals surface area contributed by atoms with E-state index in [1.807, 2.05) is 30.7 Å². The normalized spacial score (nSPS) is 11.2. The predicted molar refractivity (Wildman–Crippen MR) is 74.6 cm³/mol. The van der Waals surface area contributed by atoms with E-state index >= 15 is 0 Å². The van der Waals surface area contributed by atoms with Gasteiger partial charge in [-0.2, -0.15) is 0 Å². The van der Waals surface area contributed by atoms with Crippen molar-refractivity contribution in [3.63, 3.8) is 0 Å². The first kappa shape index (κ1) is 10.2. The van der Waals surface area contributed by atoms with E-state index in [1.165, 1.54) is 0 Å². The van der Waals surface area contributed by atoms with Crippen LogP contribution >= 0.6 is 0 Å². The second-order valence-electron chi connectivity index (χ2n) is 4.39. The maximum atomic E-state index is 4.39. The van der Waals surface area contributed by atoms with Gasteiger partial charge in [0.25, 0.3) is 0 Å². The molecule has 0 aliphatic heterocycles. The van der Waals surface area contributed by atoms with Crippen molar-refractivity contribution in [3.8, 4) is 11.1 Å². The molecule has 0 saturated heterocycles. The summed E-state index contributed by atoms with van der Waals surface area (Å²) in [5.74, 6) is 0. The molecule has 0 aliphatic rings. The van der Waals surface area contributed by atoms with Crippen LogP contribution < -0.4 is 0 Å². The summed E-state index contributed by atoms with van der Waals surface area (Å²) in [4.78, 5) is 15.9. The lowest BCUT2D eigenvalue weighted by molar-refractivity contribution is 1.33. The van der Waals surface area contributed by atoms with Crippen LogP contribution in [-0.4, -0.2) is 19.9 Å². The van der Waals surface area contributed by atoms with Crippen LogP contribution in [0.3, 0.4) is 0 Å². The number of imidazole rings is 1. The zero-order valence-electron chi connectivity index (χ0n) is 10.0. The molecule has 0 amide bonds. The molecule has 0 radical (unpaired) electrons. The van der Waals surface area contributed by atoms with Crippen LogP contribution in [0.1, 0.15) is 0 Å². The minimum atomic E-state index is 0.944. The van der Waals surface area contributed by atoms with E-state index in [0.29, 0.717) is 0 Å². The van der Waals surface area contributed by atoms with Crippen molar-refractivity contribution in [3.05, 3.63) is 55.4 Å². The zero-order valence-corrected chi connectivity index (χ0v) is 10.0. The SMILES string of the molecule is c1cc(-c2cncc3[nH]cnc23)c2ccncc2c1. The summed E-state index contributed by atoms with van der Waals surface area (Å²) < 4.78 is 0. The number of rotatable bonds is 1. The van der Waals surface area contributed by atoms with Gasteiger partial charge >= 0.3 is 0 Å². The Hall–Kier alpha value is -2.75. The lowest BCUT2D eigenvalue weighted by atomic mass is 10.00. The molecule has 0 spiro atoms. The van der Waals surface area contributed by atoms with Gasteiger partial charge in [-0.1, -0.05) is 18.2 Å². The maximum absolute atomic E-state index is 4.39. The highest BCUT2D eigenvalue weighted by Crippen LogP contribution is 2.31. The van der Waals surface area contributed by atoms with Crippen LogP contribution in [0.25, 0.3) is 32.9 Å². The first-order valence-electron chi connectivity index (χ1n) is 6.04. The van der Waals surface area contributed by atoms with Gasteiger partial charge in [0, 0.05) is 29.5 Å². The first-order chi connectivity index (χ1) is 9.43. The molecule has 0 bridgehead atoms. The minimum Gasteiger partial charge on any atom is -0.343 e. The number of aromatic amines is 1. The monoisotopic (exact) mass is 246 g/mol. The number of fused-ring (bicyclic) bond motifs is 2. The third-order valence-electron chi connectivity index (χ3n) is 3.30.